The van der Waals surface area contributed by atoms with E-state index in [0.29, 0.717) is 12.8 Å². The van der Waals surface area contributed by atoms with E-state index in [1.807, 2.05) is 0 Å². The number of ether oxygens (including phenoxy) is 2. The lowest BCUT2D eigenvalue weighted by molar-refractivity contribution is -0.179. The molecule has 0 unspecified atom stereocenters. The average molecular weight is 416 g/mol. The first-order valence-corrected chi connectivity index (χ1v) is 9.63. The lowest BCUT2D eigenvalue weighted by atomic mass is 9.90. The summed E-state index contributed by atoms with van der Waals surface area (Å²) in [4.78, 5) is 27.1. The Balaban J connectivity index is 1.92. The van der Waals surface area contributed by atoms with Gasteiger partial charge in [0.25, 0.3) is 11.8 Å². The molecule has 0 radical (unpaired) electrons. The summed E-state index contributed by atoms with van der Waals surface area (Å²) in [5.74, 6) is 10.4. The van der Waals surface area contributed by atoms with E-state index in [0.717, 1.165) is 0 Å². The number of amides is 2. The molecule has 0 spiro atoms. The lowest BCUT2D eigenvalue weighted by Crippen LogP contribution is -2.69. The second kappa shape index (κ2) is 11.0. The molecule has 2 N–H and O–H groups in total. The molecule has 0 bridgehead atoms. The van der Waals surface area contributed by atoms with Gasteiger partial charge in [-0.2, -0.15) is 0 Å². The summed E-state index contributed by atoms with van der Waals surface area (Å²) in [6.07, 6.45) is 0.932. The van der Waals surface area contributed by atoms with Gasteiger partial charge >= 0.3 is 0 Å². The van der Waals surface area contributed by atoms with Crippen molar-refractivity contribution in [1.29, 1.82) is 0 Å². The molecule has 162 valence electrons. The molecule has 2 aliphatic rings. The summed E-state index contributed by atoms with van der Waals surface area (Å²) in [6, 6.07) is -0.945. The third-order valence-electron chi connectivity index (χ3n) is 5.24. The van der Waals surface area contributed by atoms with Gasteiger partial charge in [0, 0.05) is 14.2 Å². The monoisotopic (exact) mass is 416 g/mol. The molecule has 0 saturated carbocycles. The van der Waals surface area contributed by atoms with Crippen LogP contribution in [-0.2, 0) is 19.1 Å². The number of carbonyl (C=O) groups excluding carboxylic acids is 2. The van der Waals surface area contributed by atoms with Crippen LogP contribution in [0.15, 0.2) is 25.3 Å². The molecule has 0 aromatic rings. The quantitative estimate of drug-likeness (QED) is 0.278. The number of aliphatic hydroxyl groups is 2. The second-order valence-electron chi connectivity index (χ2n) is 7.01. The van der Waals surface area contributed by atoms with Crippen LogP contribution in [0.2, 0.25) is 0 Å². The number of rotatable bonds is 10. The van der Waals surface area contributed by atoms with Crippen LogP contribution in [0.4, 0.5) is 0 Å². The maximum Gasteiger partial charge on any atom is 0.255 e. The highest BCUT2D eigenvalue weighted by Gasteiger charge is 2.51. The summed E-state index contributed by atoms with van der Waals surface area (Å²) in [5.41, 5.74) is 0. The predicted molar refractivity (Wildman–Crippen MR) is 110 cm³/mol. The molecule has 2 heterocycles. The van der Waals surface area contributed by atoms with Gasteiger partial charge in [0.15, 0.2) is 12.2 Å². The van der Waals surface area contributed by atoms with Crippen molar-refractivity contribution < 1.29 is 29.3 Å². The number of hydrogen-bond acceptors (Lipinski definition) is 6. The van der Waals surface area contributed by atoms with Gasteiger partial charge in [-0.3, -0.25) is 9.59 Å². The van der Waals surface area contributed by atoms with Gasteiger partial charge in [-0.1, -0.05) is 24.0 Å². The minimum absolute atomic E-state index is 0.112. The maximum absolute atomic E-state index is 12.1. The number of carbonyl (C=O) groups is 2. The van der Waals surface area contributed by atoms with Crippen LogP contribution in [0, 0.1) is 23.7 Å². The first kappa shape index (κ1) is 23.7. The van der Waals surface area contributed by atoms with Crippen molar-refractivity contribution in [3.63, 3.8) is 0 Å². The van der Waals surface area contributed by atoms with Gasteiger partial charge in [-0.05, 0) is 24.7 Å². The molecular formula is C22H28N2O6. The topological polar surface area (TPSA) is 99.5 Å². The van der Waals surface area contributed by atoms with E-state index in [-0.39, 0.29) is 24.9 Å². The Morgan fingerprint density at radius 1 is 0.900 bits per heavy atom. The summed E-state index contributed by atoms with van der Waals surface area (Å²) >= 11 is 0. The van der Waals surface area contributed by atoms with Gasteiger partial charge < -0.3 is 29.5 Å². The molecule has 6 atom stereocenters. The van der Waals surface area contributed by atoms with Crippen LogP contribution >= 0.6 is 0 Å². The number of likely N-dealkylation sites (tertiary alicyclic amines) is 2. The molecular weight excluding hydrogens is 388 g/mol. The molecule has 2 amide bonds. The van der Waals surface area contributed by atoms with Gasteiger partial charge in [0.1, 0.15) is 0 Å². The average Bonchev–Trinajstić information content (AvgIpc) is 2.71. The van der Waals surface area contributed by atoms with Crippen molar-refractivity contribution in [2.75, 3.05) is 27.3 Å². The van der Waals surface area contributed by atoms with Gasteiger partial charge in [0.05, 0.1) is 37.4 Å². The fourth-order valence-electron chi connectivity index (χ4n) is 3.70. The van der Waals surface area contributed by atoms with Gasteiger partial charge in [0.2, 0.25) is 0 Å². The van der Waals surface area contributed by atoms with E-state index < -0.39 is 36.5 Å². The van der Waals surface area contributed by atoms with E-state index >= 15 is 0 Å². The van der Waals surface area contributed by atoms with Gasteiger partial charge in [-0.25, -0.2) is 0 Å². The third kappa shape index (κ3) is 4.75. The van der Waals surface area contributed by atoms with Crippen LogP contribution < -0.4 is 0 Å². The van der Waals surface area contributed by atoms with E-state index in [1.54, 1.807) is 12.2 Å². The standard InChI is InChI=1S/C22H28N2O6/c1-5-11-15(25)17-19(29-3)21(27)23(17)13-9-7-8-10-14-24-18(16(26)12-6-2)20(30-4)22(24)28/h5-6,15-20,25-26H,1-2,11-14H2,3-4H3/t15-,16-,17+,18+,19-,20-/m1/s1. The van der Waals surface area contributed by atoms with Crippen molar-refractivity contribution >= 4 is 11.8 Å². The largest absolute Gasteiger partial charge is 0.391 e. The highest BCUT2D eigenvalue weighted by Crippen LogP contribution is 2.27. The lowest BCUT2D eigenvalue weighted by Gasteiger charge is -2.47. The van der Waals surface area contributed by atoms with E-state index in [2.05, 4.69) is 36.8 Å². The molecule has 0 aromatic carbocycles. The van der Waals surface area contributed by atoms with Crippen molar-refractivity contribution in [3.05, 3.63) is 25.3 Å². The molecule has 2 fully saturated rings. The normalized spacial score (nSPS) is 26.9. The van der Waals surface area contributed by atoms with Crippen molar-refractivity contribution in [2.24, 2.45) is 0 Å². The van der Waals surface area contributed by atoms with Gasteiger partial charge in [-0.15, -0.1) is 13.2 Å². The highest BCUT2D eigenvalue weighted by molar-refractivity contribution is 5.89. The highest BCUT2D eigenvalue weighted by atomic mass is 16.5. The van der Waals surface area contributed by atoms with Crippen molar-refractivity contribution in [3.8, 4) is 23.7 Å². The van der Waals surface area contributed by atoms with Crippen LogP contribution in [0.25, 0.3) is 0 Å². The number of β-lactam (4-membered cyclic amide) rings is 2. The minimum atomic E-state index is -0.775. The summed E-state index contributed by atoms with van der Waals surface area (Å²) < 4.78 is 10.3. The predicted octanol–water partition coefficient (Wildman–Crippen LogP) is -0.681. The first-order valence-electron chi connectivity index (χ1n) is 9.63. The van der Waals surface area contributed by atoms with Crippen LogP contribution in [0.3, 0.4) is 0 Å². The molecule has 2 rings (SSSR count). The number of hydrogen-bond donors (Lipinski definition) is 2. The van der Waals surface area contributed by atoms with Crippen LogP contribution in [-0.4, -0.2) is 95.6 Å². The fourth-order valence-corrected chi connectivity index (χ4v) is 3.70. The Morgan fingerprint density at radius 3 is 1.57 bits per heavy atom. The van der Waals surface area contributed by atoms with Crippen LogP contribution in [0.1, 0.15) is 12.8 Å². The van der Waals surface area contributed by atoms with E-state index in [4.69, 9.17) is 9.47 Å². The summed E-state index contributed by atoms with van der Waals surface area (Å²) in [5, 5.41) is 20.3. The zero-order chi connectivity index (χ0) is 22.3. The van der Waals surface area contributed by atoms with Crippen molar-refractivity contribution in [1.82, 2.24) is 9.80 Å². The Labute approximate surface area is 177 Å². The molecule has 30 heavy (non-hydrogen) atoms. The molecule has 0 aromatic heterocycles. The Hall–Kier alpha value is -2.62. The Morgan fingerprint density at radius 2 is 1.27 bits per heavy atom. The zero-order valence-corrected chi connectivity index (χ0v) is 17.3. The molecule has 2 saturated heterocycles. The van der Waals surface area contributed by atoms with Crippen LogP contribution in [0.5, 0.6) is 0 Å². The smallest absolute Gasteiger partial charge is 0.255 e. The van der Waals surface area contributed by atoms with E-state index in [9.17, 15) is 19.8 Å². The maximum atomic E-state index is 12.1. The summed E-state index contributed by atoms with van der Waals surface area (Å²) in [6.45, 7) is 7.41. The fraction of sp³-hybridized carbons (Fsp3) is 0.545. The first-order chi connectivity index (χ1) is 14.4. The SMILES string of the molecule is C=CC[C@@H](O)[C@H]1[C@@H](OC)C(=O)N1CC#CC#CCN1C(=O)[C@H](OC)[C@@H]1[C@H](O)CC=C. The zero-order valence-electron chi connectivity index (χ0n) is 17.3. The minimum Gasteiger partial charge on any atom is -0.391 e. The third-order valence-corrected chi connectivity index (χ3v) is 5.24. The Kier molecular flexibility index (Phi) is 8.64. The second-order valence-corrected chi connectivity index (χ2v) is 7.01. The number of aliphatic hydroxyl groups excluding tert-OH is 2. The Bertz CT molecular complexity index is 723. The number of nitrogens with zero attached hydrogens (tertiary/aromatic N) is 2. The van der Waals surface area contributed by atoms with Crippen molar-refractivity contribution in [2.45, 2.75) is 49.3 Å². The number of methoxy groups -OCH3 is 2. The molecule has 8 heteroatoms. The van der Waals surface area contributed by atoms with E-state index in [1.165, 1.54) is 24.0 Å². The molecule has 8 nitrogen and oxygen atoms in total. The summed E-state index contributed by atoms with van der Waals surface area (Å²) in [7, 11) is 2.85. The molecule has 2 aliphatic heterocycles. The molecule has 0 aliphatic carbocycles.